The van der Waals surface area contributed by atoms with Gasteiger partial charge in [-0.2, -0.15) is 10.5 Å². The van der Waals surface area contributed by atoms with E-state index in [2.05, 4.69) is 252 Å². The van der Waals surface area contributed by atoms with Crippen LogP contribution in [0.25, 0.3) is 110 Å². The van der Waals surface area contributed by atoms with Gasteiger partial charge in [-0.3, -0.25) is 9.97 Å². The molecule has 0 bridgehead atoms. The van der Waals surface area contributed by atoms with Crippen molar-refractivity contribution in [3.8, 4) is 68.4 Å². The fraction of sp³-hybridized carbons (Fsp3) is 0.0465. The minimum absolute atomic E-state index is 0.259. The number of benzene rings is 12. The summed E-state index contributed by atoms with van der Waals surface area (Å²) < 4.78 is 17.1. The van der Waals surface area contributed by atoms with Gasteiger partial charge in [-0.25, -0.2) is 9.97 Å². The van der Waals surface area contributed by atoms with Crippen LogP contribution in [0.1, 0.15) is 25.2 Å². The lowest BCUT2D eigenvalue weighted by atomic mass is 9.50. The molecule has 0 atom stereocenters. The van der Waals surface area contributed by atoms with Crippen molar-refractivity contribution in [3.05, 3.63) is 326 Å². The molecule has 0 aliphatic carbocycles. The standard InChI is InChI=1S/C86H60B2N8O2/c1-3-97-71-43-37-59(38-44-71)83-81-82(86(95(83)87(67-25-9-5-10-26-67)68-27-11-6-12-28-68)74(54-90)80-56-92-78-52-66(42-48-76(78)94-80)64-36-34-58-22-18-20-24-62(58)50-64)84(60-39-45-72(46-40-60)98-4-2)96(88(69-29-13-7-14-30-69)70-31-15-8-16-32-70)85(81)73(53-89)79-55-91-77-51-65(41-47-75(77)93-79)63-35-33-57-21-17-19-23-61(57)49-63/h5-52,55-56H,3-4H2,1-2H3/b85-73-,86-74-. The van der Waals surface area contributed by atoms with Crippen molar-refractivity contribution in [1.29, 1.82) is 10.5 Å². The summed E-state index contributed by atoms with van der Waals surface area (Å²) >= 11 is 0. The largest absolute Gasteiger partial charge is 0.494 e. The molecule has 16 aromatic rings. The first-order chi connectivity index (χ1) is 48.4. The number of nitriles is 2. The zero-order valence-corrected chi connectivity index (χ0v) is 53.8. The van der Waals surface area contributed by atoms with Crippen molar-refractivity contribution >= 4 is 101 Å². The topological polar surface area (TPSA) is 127 Å². The van der Waals surface area contributed by atoms with E-state index in [0.717, 1.165) is 88.2 Å². The van der Waals surface area contributed by atoms with E-state index in [1.165, 1.54) is 0 Å². The summed E-state index contributed by atoms with van der Waals surface area (Å²) in [6.07, 6.45) is 3.47. The summed E-state index contributed by atoms with van der Waals surface area (Å²) in [5.74, 6) is 1.38. The zero-order valence-electron chi connectivity index (χ0n) is 53.8. The maximum absolute atomic E-state index is 12.7. The summed E-state index contributed by atoms with van der Waals surface area (Å²) in [5, 5.41) is 32.4. The second-order valence-corrected chi connectivity index (χ2v) is 24.3. The molecule has 16 rings (SSSR count). The Bertz CT molecular complexity index is 5490. The van der Waals surface area contributed by atoms with Gasteiger partial charge in [0, 0.05) is 22.2 Å². The van der Waals surface area contributed by atoms with Crippen LogP contribution in [0.4, 0.5) is 0 Å². The van der Waals surface area contributed by atoms with Crippen LogP contribution in [0.5, 0.6) is 11.5 Å². The molecule has 0 aliphatic heterocycles. The molecule has 462 valence electrons. The number of aromatic nitrogens is 6. The third kappa shape index (κ3) is 11.1. The van der Waals surface area contributed by atoms with E-state index in [1.807, 2.05) is 74.5 Å². The monoisotopic (exact) mass is 1260 g/mol. The minimum Gasteiger partial charge on any atom is -0.494 e. The average molecular weight is 1260 g/mol. The van der Waals surface area contributed by atoms with Crippen molar-refractivity contribution in [2.75, 3.05) is 13.2 Å². The van der Waals surface area contributed by atoms with Crippen molar-refractivity contribution in [2.24, 2.45) is 0 Å². The van der Waals surface area contributed by atoms with Crippen LogP contribution in [0.2, 0.25) is 0 Å². The molecule has 12 aromatic carbocycles. The normalized spacial score (nSPS) is 12.0. The zero-order chi connectivity index (χ0) is 66.1. The maximum Gasteiger partial charge on any atom is 0.328 e. The van der Waals surface area contributed by atoms with E-state index < -0.39 is 13.7 Å². The molecule has 0 aliphatic rings. The predicted molar refractivity (Wildman–Crippen MR) is 400 cm³/mol. The van der Waals surface area contributed by atoms with Gasteiger partial charge in [-0.1, -0.05) is 228 Å². The number of fused-ring (bicyclic) bond motifs is 5. The summed E-state index contributed by atoms with van der Waals surface area (Å²) in [7, 11) is 0. The molecule has 4 aromatic heterocycles. The molecule has 0 amide bonds. The molecule has 0 radical (unpaired) electrons. The van der Waals surface area contributed by atoms with Crippen LogP contribution in [0.3, 0.4) is 0 Å². The Morgan fingerprint density at radius 3 is 1.01 bits per heavy atom. The van der Waals surface area contributed by atoms with E-state index in [9.17, 15) is 10.5 Å². The van der Waals surface area contributed by atoms with Gasteiger partial charge < -0.3 is 18.4 Å². The highest BCUT2D eigenvalue weighted by Gasteiger charge is 2.37. The fourth-order valence-electron chi connectivity index (χ4n) is 14.1. The van der Waals surface area contributed by atoms with Gasteiger partial charge in [-0.15, -0.1) is 0 Å². The summed E-state index contributed by atoms with van der Waals surface area (Å²) in [6.45, 7) is 3.65. The first-order valence-electron chi connectivity index (χ1n) is 33.0. The van der Waals surface area contributed by atoms with Crippen LogP contribution in [0.15, 0.2) is 304 Å². The van der Waals surface area contributed by atoms with Gasteiger partial charge in [0.1, 0.15) is 46.2 Å². The predicted octanol–water partition coefficient (Wildman–Crippen LogP) is 14.9. The maximum atomic E-state index is 12.7. The van der Waals surface area contributed by atoms with Gasteiger partial charge in [-0.05, 0) is 154 Å². The molecule has 98 heavy (non-hydrogen) atoms. The van der Waals surface area contributed by atoms with Crippen molar-refractivity contribution < 1.29 is 9.47 Å². The molecular formula is C86H60B2N8O2. The minimum atomic E-state index is -0.612. The van der Waals surface area contributed by atoms with E-state index in [0.29, 0.717) is 79.6 Å². The van der Waals surface area contributed by atoms with Gasteiger partial charge in [0.15, 0.2) is 0 Å². The lowest BCUT2D eigenvalue weighted by Crippen LogP contribution is -2.54. The molecule has 12 heteroatoms. The number of nitrogens with zero attached hydrogens (tertiary/aromatic N) is 8. The lowest BCUT2D eigenvalue weighted by molar-refractivity contribution is 0.340. The lowest BCUT2D eigenvalue weighted by Gasteiger charge is -2.24. The van der Waals surface area contributed by atoms with Gasteiger partial charge in [0.25, 0.3) is 0 Å². The Morgan fingerprint density at radius 2 is 0.663 bits per heavy atom. The molecule has 0 saturated carbocycles. The summed E-state index contributed by atoms with van der Waals surface area (Å²) in [6, 6.07) is 106. The Morgan fingerprint density at radius 1 is 0.347 bits per heavy atom. The van der Waals surface area contributed by atoms with E-state index in [-0.39, 0.29) is 11.1 Å². The molecule has 0 spiro atoms. The summed E-state index contributed by atoms with van der Waals surface area (Å²) in [5.41, 5.74) is 14.7. The van der Waals surface area contributed by atoms with E-state index in [4.69, 9.17) is 29.4 Å². The Kier molecular flexibility index (Phi) is 16.0. The highest BCUT2D eigenvalue weighted by molar-refractivity contribution is 6.85. The Hall–Kier alpha value is -12.9. The van der Waals surface area contributed by atoms with Crippen LogP contribution >= 0.6 is 0 Å². The number of ether oxygens (including phenoxy) is 2. The molecule has 10 nitrogen and oxygen atoms in total. The van der Waals surface area contributed by atoms with Crippen LogP contribution in [-0.4, -0.2) is 55.8 Å². The van der Waals surface area contributed by atoms with Gasteiger partial charge >= 0.3 is 13.7 Å². The van der Waals surface area contributed by atoms with Gasteiger partial charge in [0.2, 0.25) is 0 Å². The quantitative estimate of drug-likeness (QED) is 0.0875. The molecule has 0 unspecified atom stereocenters. The van der Waals surface area contributed by atoms with Crippen LogP contribution in [0, 0.1) is 22.7 Å². The van der Waals surface area contributed by atoms with Gasteiger partial charge in [0.05, 0.1) is 58.4 Å². The van der Waals surface area contributed by atoms with Crippen LogP contribution < -0.4 is 42.0 Å². The number of hydrogen-bond donors (Lipinski definition) is 0. The second-order valence-electron chi connectivity index (χ2n) is 24.3. The molecule has 0 fully saturated rings. The second kappa shape index (κ2) is 26.1. The first kappa shape index (κ1) is 60.1. The van der Waals surface area contributed by atoms with E-state index in [1.54, 1.807) is 12.4 Å². The summed E-state index contributed by atoms with van der Waals surface area (Å²) in [4.78, 5) is 21.4. The highest BCUT2D eigenvalue weighted by Crippen LogP contribution is 2.38. The van der Waals surface area contributed by atoms with Crippen molar-refractivity contribution in [3.63, 3.8) is 0 Å². The smallest absolute Gasteiger partial charge is 0.328 e. The third-order valence-electron chi connectivity index (χ3n) is 18.5. The molecule has 0 N–H and O–H groups in total. The highest BCUT2D eigenvalue weighted by atomic mass is 16.5. The average Bonchev–Trinajstić information content (AvgIpc) is 1.52. The van der Waals surface area contributed by atoms with Crippen molar-refractivity contribution in [1.82, 2.24) is 28.9 Å². The Balaban J connectivity index is 1.11. The third-order valence-corrected chi connectivity index (χ3v) is 18.5. The molecule has 4 heterocycles. The number of hydrogen-bond acceptors (Lipinski definition) is 8. The molecule has 0 saturated heterocycles. The Labute approximate surface area is 567 Å². The SMILES string of the molecule is CCOc1ccc(-c2c3/c(=C(\C#N)c4cnc5cc(-c6ccc7ccccc7c6)ccc5n4)n(B(c4ccccc4)c4ccccc4)c(-c4ccc(OCC)cc4)c3/c(=C(\C#N)c3cnc4cc(-c5ccc6ccccc6c5)ccc4n3)n2B(c2ccccc2)c2ccccc2)cc1. The van der Waals surface area contributed by atoms with E-state index >= 15 is 0 Å². The fourth-order valence-corrected chi connectivity index (χ4v) is 14.1. The molecular weight excluding hydrogens is 1200 g/mol. The van der Waals surface area contributed by atoms with Crippen LogP contribution in [-0.2, 0) is 0 Å². The van der Waals surface area contributed by atoms with Crippen molar-refractivity contribution in [2.45, 2.75) is 13.8 Å². The number of rotatable bonds is 16. The first-order valence-corrected chi connectivity index (χ1v) is 33.0.